The number of carbonyl (C=O) groups is 1. The van der Waals surface area contributed by atoms with Crippen LogP contribution in [0.1, 0.15) is 43.7 Å². The number of halogens is 1. The molecule has 1 aliphatic heterocycles. The van der Waals surface area contributed by atoms with Crippen molar-refractivity contribution in [3.8, 4) is 0 Å². The van der Waals surface area contributed by atoms with E-state index < -0.39 is 0 Å². The van der Waals surface area contributed by atoms with Gasteiger partial charge in [0.2, 0.25) is 0 Å². The molecule has 1 N–H and O–H groups in total. The van der Waals surface area contributed by atoms with Gasteiger partial charge < -0.3 is 5.32 Å². The van der Waals surface area contributed by atoms with Crippen LogP contribution in [0.4, 0.5) is 5.69 Å². The Morgan fingerprint density at radius 1 is 1.00 bits per heavy atom. The van der Waals surface area contributed by atoms with Gasteiger partial charge in [-0.1, -0.05) is 56.3 Å². The number of rotatable bonds is 1. The van der Waals surface area contributed by atoms with Crippen molar-refractivity contribution in [1.29, 1.82) is 0 Å². The van der Waals surface area contributed by atoms with Gasteiger partial charge in [-0.05, 0) is 74.5 Å². The Labute approximate surface area is 179 Å². The molecule has 2 nitrogen and oxygen atoms in total. The van der Waals surface area contributed by atoms with Crippen molar-refractivity contribution in [2.45, 2.75) is 32.6 Å². The molecule has 0 unspecified atom stereocenters. The Hall–Kier alpha value is -2.14. The van der Waals surface area contributed by atoms with Crippen LogP contribution in [-0.4, -0.2) is 5.78 Å². The molecule has 0 bridgehead atoms. The van der Waals surface area contributed by atoms with Gasteiger partial charge in [-0.15, -0.1) is 0 Å². The minimum atomic E-state index is -0.0179. The van der Waals surface area contributed by atoms with E-state index in [1.54, 1.807) is 0 Å². The molecule has 5 rings (SSSR count). The van der Waals surface area contributed by atoms with Crippen molar-refractivity contribution in [3.63, 3.8) is 0 Å². The van der Waals surface area contributed by atoms with E-state index in [1.165, 1.54) is 25.5 Å². The van der Waals surface area contributed by atoms with E-state index in [9.17, 15) is 4.79 Å². The number of hydrogen-bond acceptors (Lipinski definition) is 2. The zero-order valence-electron chi connectivity index (χ0n) is 16.1. The second-order valence-electron chi connectivity index (χ2n) is 8.69. The summed E-state index contributed by atoms with van der Waals surface area (Å²) in [5.74, 6) is 0.261. The molecule has 1 heterocycles. The average molecular weight is 479 g/mol. The van der Waals surface area contributed by atoms with Crippen LogP contribution in [-0.2, 0) is 4.79 Å². The minimum Gasteiger partial charge on any atom is -0.358 e. The standard InChI is InChI=1S/C25H22INO/c1-25(2)13-20-24(21(28)14-25)22(16-7-5-8-17(26)12-16)23-18-9-4-3-6-15(18)10-11-19(23)27-20/h3-12,22,27H,13-14H2,1-2H3/t22-/m1/s1. The molecular formula is C25H22INO. The lowest BCUT2D eigenvalue weighted by Gasteiger charge is -2.40. The highest BCUT2D eigenvalue weighted by Gasteiger charge is 2.41. The van der Waals surface area contributed by atoms with E-state index >= 15 is 0 Å². The van der Waals surface area contributed by atoms with E-state index in [4.69, 9.17) is 0 Å². The summed E-state index contributed by atoms with van der Waals surface area (Å²) in [6, 6.07) is 21.4. The number of Topliss-reactive ketones (excluding diaryl/α,β-unsaturated/α-hetero) is 1. The van der Waals surface area contributed by atoms with Gasteiger partial charge in [-0.2, -0.15) is 0 Å². The largest absolute Gasteiger partial charge is 0.358 e. The van der Waals surface area contributed by atoms with Gasteiger partial charge in [0.15, 0.2) is 5.78 Å². The summed E-state index contributed by atoms with van der Waals surface area (Å²) in [7, 11) is 0. The minimum absolute atomic E-state index is 0.00701. The first kappa shape index (κ1) is 17.9. The SMILES string of the molecule is CC1(C)CC(=O)C2=C(C1)Nc1ccc3ccccc3c1[C@H]2c1cccc(I)c1. The number of ketones is 1. The van der Waals surface area contributed by atoms with E-state index in [-0.39, 0.29) is 17.1 Å². The summed E-state index contributed by atoms with van der Waals surface area (Å²) in [4.78, 5) is 13.4. The molecule has 3 aromatic rings. The smallest absolute Gasteiger partial charge is 0.162 e. The molecule has 3 heteroatoms. The first-order valence-corrected chi connectivity index (χ1v) is 10.8. The van der Waals surface area contributed by atoms with Crippen molar-refractivity contribution in [2.75, 3.05) is 5.32 Å². The molecule has 3 aromatic carbocycles. The first-order chi connectivity index (χ1) is 13.4. The fourth-order valence-electron chi connectivity index (χ4n) is 4.82. The second kappa shape index (κ2) is 6.45. The van der Waals surface area contributed by atoms with Crippen LogP contribution in [0.15, 0.2) is 71.9 Å². The molecule has 1 atom stereocenters. The molecule has 0 saturated heterocycles. The van der Waals surface area contributed by atoms with Gasteiger partial charge in [-0.3, -0.25) is 4.79 Å². The van der Waals surface area contributed by atoms with Gasteiger partial charge in [0, 0.05) is 32.9 Å². The summed E-state index contributed by atoms with van der Waals surface area (Å²) in [6.45, 7) is 4.37. The fraction of sp³-hybridized carbons (Fsp3) is 0.240. The quantitative estimate of drug-likeness (QED) is 0.397. The highest BCUT2D eigenvalue weighted by molar-refractivity contribution is 14.1. The van der Waals surface area contributed by atoms with Gasteiger partial charge in [-0.25, -0.2) is 0 Å². The third-order valence-electron chi connectivity index (χ3n) is 5.94. The number of hydrogen-bond donors (Lipinski definition) is 1. The number of nitrogens with one attached hydrogen (secondary N) is 1. The van der Waals surface area contributed by atoms with E-state index in [2.05, 4.69) is 102 Å². The van der Waals surface area contributed by atoms with Crippen molar-refractivity contribution >= 4 is 44.8 Å². The zero-order chi connectivity index (χ0) is 19.5. The van der Waals surface area contributed by atoms with Gasteiger partial charge in [0.1, 0.15) is 0 Å². The lowest BCUT2D eigenvalue weighted by Crippen LogP contribution is -2.33. The number of benzene rings is 3. The summed E-state index contributed by atoms with van der Waals surface area (Å²) in [5, 5.41) is 6.09. The molecule has 0 amide bonds. The summed E-state index contributed by atoms with van der Waals surface area (Å²) in [5.41, 5.74) is 5.62. The number of allylic oxidation sites excluding steroid dienone is 2. The Morgan fingerprint density at radius 2 is 1.82 bits per heavy atom. The maximum atomic E-state index is 13.4. The molecule has 140 valence electrons. The van der Waals surface area contributed by atoms with Crippen LogP contribution >= 0.6 is 22.6 Å². The third kappa shape index (κ3) is 2.87. The normalized spacial score (nSPS) is 20.5. The van der Waals surface area contributed by atoms with Crippen molar-refractivity contribution < 1.29 is 4.79 Å². The van der Waals surface area contributed by atoms with E-state index in [0.717, 1.165) is 23.4 Å². The van der Waals surface area contributed by atoms with Crippen LogP contribution in [0.5, 0.6) is 0 Å². The maximum absolute atomic E-state index is 13.4. The summed E-state index contributed by atoms with van der Waals surface area (Å²) in [6.07, 6.45) is 1.51. The van der Waals surface area contributed by atoms with Crippen molar-refractivity contribution in [1.82, 2.24) is 0 Å². The lowest BCUT2D eigenvalue weighted by atomic mass is 9.68. The molecule has 0 fully saturated rings. The molecule has 0 saturated carbocycles. The van der Waals surface area contributed by atoms with Gasteiger partial charge >= 0.3 is 0 Å². The van der Waals surface area contributed by atoms with E-state index in [1.807, 2.05) is 0 Å². The summed E-state index contributed by atoms with van der Waals surface area (Å²) < 4.78 is 1.20. The Morgan fingerprint density at radius 3 is 2.64 bits per heavy atom. The molecular weight excluding hydrogens is 457 g/mol. The topological polar surface area (TPSA) is 29.1 Å². The Bertz CT molecular complexity index is 1160. The van der Waals surface area contributed by atoms with Crippen LogP contribution in [0.3, 0.4) is 0 Å². The number of fused-ring (bicyclic) bond motifs is 3. The molecule has 0 radical (unpaired) electrons. The molecule has 0 aromatic heterocycles. The third-order valence-corrected chi connectivity index (χ3v) is 6.61. The van der Waals surface area contributed by atoms with Crippen LogP contribution < -0.4 is 5.32 Å². The molecule has 1 aliphatic carbocycles. The van der Waals surface area contributed by atoms with Crippen LogP contribution in [0.2, 0.25) is 0 Å². The first-order valence-electron chi connectivity index (χ1n) is 9.73. The number of anilines is 1. The molecule has 0 spiro atoms. The number of carbonyl (C=O) groups excluding carboxylic acids is 1. The molecule has 2 aliphatic rings. The van der Waals surface area contributed by atoms with E-state index in [0.29, 0.717) is 6.42 Å². The monoisotopic (exact) mass is 479 g/mol. The highest BCUT2D eigenvalue weighted by Crippen LogP contribution is 2.50. The Balaban J connectivity index is 1.83. The predicted molar refractivity (Wildman–Crippen MR) is 124 cm³/mol. The predicted octanol–water partition coefficient (Wildman–Crippen LogP) is 6.65. The lowest BCUT2D eigenvalue weighted by molar-refractivity contribution is -0.118. The average Bonchev–Trinajstić information content (AvgIpc) is 2.65. The Kier molecular flexibility index (Phi) is 4.13. The van der Waals surface area contributed by atoms with Crippen molar-refractivity contribution in [3.05, 3.63) is 86.6 Å². The molecule has 28 heavy (non-hydrogen) atoms. The van der Waals surface area contributed by atoms with Gasteiger partial charge in [0.05, 0.1) is 0 Å². The second-order valence-corrected chi connectivity index (χ2v) is 9.94. The van der Waals surface area contributed by atoms with Gasteiger partial charge in [0.25, 0.3) is 0 Å². The summed E-state index contributed by atoms with van der Waals surface area (Å²) >= 11 is 2.36. The fourth-order valence-corrected chi connectivity index (χ4v) is 5.39. The maximum Gasteiger partial charge on any atom is 0.162 e. The zero-order valence-corrected chi connectivity index (χ0v) is 18.2. The van der Waals surface area contributed by atoms with Crippen LogP contribution in [0.25, 0.3) is 10.8 Å². The van der Waals surface area contributed by atoms with Crippen molar-refractivity contribution in [2.24, 2.45) is 5.41 Å². The highest BCUT2D eigenvalue weighted by atomic mass is 127. The van der Waals surface area contributed by atoms with Crippen LogP contribution in [0, 0.1) is 8.99 Å².